The number of halogens is 3. The summed E-state index contributed by atoms with van der Waals surface area (Å²) in [6.45, 7) is -0.0743. The quantitative estimate of drug-likeness (QED) is 0.865. The molecule has 1 heterocycles. The van der Waals surface area contributed by atoms with Crippen molar-refractivity contribution < 1.29 is 18.0 Å². The summed E-state index contributed by atoms with van der Waals surface area (Å²) in [6.07, 6.45) is 1.22. The number of H-pyrrole nitrogens is 1. The summed E-state index contributed by atoms with van der Waals surface area (Å²) in [7, 11) is 0. The Morgan fingerprint density at radius 2 is 1.94 bits per heavy atom. The molecule has 8 heteroatoms. The van der Waals surface area contributed by atoms with E-state index in [1.807, 2.05) is 0 Å². The molecule has 0 radical (unpaired) electrons. The average molecular weight is 256 g/mol. The van der Waals surface area contributed by atoms with Gasteiger partial charge in [-0.05, 0) is 0 Å². The van der Waals surface area contributed by atoms with Crippen LogP contribution in [0.2, 0.25) is 0 Å². The van der Waals surface area contributed by atoms with Gasteiger partial charge in [-0.15, -0.1) is 0 Å². The first-order valence-electron chi connectivity index (χ1n) is 4.85. The van der Waals surface area contributed by atoms with Crippen LogP contribution in [0.15, 0.2) is 18.5 Å². The van der Waals surface area contributed by atoms with E-state index in [9.17, 15) is 18.0 Å². The predicted molar refractivity (Wildman–Crippen MR) is 53.9 cm³/mol. The Bertz CT molecular complexity index is 548. The number of hydrogen-bond donors (Lipinski definition) is 2. The number of nitrogens with zero attached hydrogens (tertiary/aromatic N) is 2. The number of carbonyl (C=O) groups is 1. The standard InChI is InChI=1S/C10H7F3N4O/c11-5-1-6(12)9(7(13)2-5)10(18)14-3-8-15-4-16-17-8/h1-2,4H,3H2,(H,14,18)(H,15,16,17). The van der Waals surface area contributed by atoms with Gasteiger partial charge in [-0.3, -0.25) is 9.89 Å². The molecule has 0 aliphatic heterocycles. The number of carbonyl (C=O) groups excluding carboxylic acids is 1. The average Bonchev–Trinajstić information content (AvgIpc) is 2.77. The first-order chi connectivity index (χ1) is 8.58. The van der Waals surface area contributed by atoms with Crippen molar-refractivity contribution in [2.45, 2.75) is 6.54 Å². The number of benzene rings is 1. The third-order valence-corrected chi connectivity index (χ3v) is 2.12. The van der Waals surface area contributed by atoms with Crippen molar-refractivity contribution in [2.24, 2.45) is 0 Å². The number of rotatable bonds is 3. The molecule has 0 atom stereocenters. The summed E-state index contributed by atoms with van der Waals surface area (Å²) in [5.41, 5.74) is -0.837. The fourth-order valence-corrected chi connectivity index (χ4v) is 1.33. The molecule has 0 unspecified atom stereocenters. The zero-order valence-corrected chi connectivity index (χ0v) is 8.88. The van der Waals surface area contributed by atoms with E-state index in [0.29, 0.717) is 18.0 Å². The number of aromatic nitrogens is 3. The molecular formula is C10H7F3N4O. The molecule has 0 saturated heterocycles. The zero-order chi connectivity index (χ0) is 13.1. The van der Waals surface area contributed by atoms with Crippen LogP contribution in [0.1, 0.15) is 16.2 Å². The van der Waals surface area contributed by atoms with Crippen molar-refractivity contribution in [2.75, 3.05) is 0 Å². The highest BCUT2D eigenvalue weighted by molar-refractivity contribution is 5.94. The van der Waals surface area contributed by atoms with Gasteiger partial charge in [-0.1, -0.05) is 0 Å². The van der Waals surface area contributed by atoms with Crippen LogP contribution >= 0.6 is 0 Å². The van der Waals surface area contributed by atoms with Gasteiger partial charge < -0.3 is 5.32 Å². The van der Waals surface area contributed by atoms with Crippen molar-refractivity contribution >= 4 is 5.91 Å². The Morgan fingerprint density at radius 3 is 2.50 bits per heavy atom. The number of hydrogen-bond acceptors (Lipinski definition) is 3. The largest absolute Gasteiger partial charge is 0.345 e. The van der Waals surface area contributed by atoms with E-state index >= 15 is 0 Å². The summed E-state index contributed by atoms with van der Waals surface area (Å²) < 4.78 is 39.1. The van der Waals surface area contributed by atoms with Gasteiger partial charge in [0, 0.05) is 12.1 Å². The second-order valence-electron chi connectivity index (χ2n) is 3.36. The minimum absolute atomic E-state index is 0.0743. The van der Waals surface area contributed by atoms with Crippen LogP contribution < -0.4 is 5.32 Å². The third kappa shape index (κ3) is 2.47. The maximum Gasteiger partial charge on any atom is 0.257 e. The third-order valence-electron chi connectivity index (χ3n) is 2.12. The van der Waals surface area contributed by atoms with E-state index in [4.69, 9.17) is 0 Å². The van der Waals surface area contributed by atoms with Gasteiger partial charge in [0.1, 0.15) is 35.2 Å². The Morgan fingerprint density at radius 1 is 1.28 bits per heavy atom. The van der Waals surface area contributed by atoms with Crippen molar-refractivity contribution in [3.63, 3.8) is 0 Å². The Kier molecular flexibility index (Phi) is 3.26. The summed E-state index contributed by atoms with van der Waals surface area (Å²) in [4.78, 5) is 15.2. The first kappa shape index (κ1) is 12.1. The van der Waals surface area contributed by atoms with Crippen LogP contribution in [0.4, 0.5) is 13.2 Å². The summed E-state index contributed by atoms with van der Waals surface area (Å²) in [6, 6.07) is 0.874. The van der Waals surface area contributed by atoms with Gasteiger partial charge in [0.25, 0.3) is 5.91 Å². The predicted octanol–water partition coefficient (Wildman–Crippen LogP) is 1.15. The van der Waals surface area contributed by atoms with Crippen LogP contribution in [0.5, 0.6) is 0 Å². The number of nitrogens with one attached hydrogen (secondary N) is 2. The molecule has 2 rings (SSSR count). The van der Waals surface area contributed by atoms with Crippen LogP contribution in [0, 0.1) is 17.5 Å². The zero-order valence-electron chi connectivity index (χ0n) is 8.88. The van der Waals surface area contributed by atoms with Crippen LogP contribution in [-0.4, -0.2) is 21.1 Å². The smallest absolute Gasteiger partial charge is 0.257 e. The van der Waals surface area contributed by atoms with Gasteiger partial charge in [0.05, 0.1) is 6.54 Å². The number of amides is 1. The fourth-order valence-electron chi connectivity index (χ4n) is 1.33. The van der Waals surface area contributed by atoms with Crippen molar-refractivity contribution in [3.8, 4) is 0 Å². The molecule has 0 aliphatic carbocycles. The summed E-state index contributed by atoms with van der Waals surface area (Å²) >= 11 is 0. The molecule has 0 bridgehead atoms. The minimum Gasteiger partial charge on any atom is -0.345 e. The second kappa shape index (κ2) is 4.86. The molecule has 0 aliphatic rings. The normalized spacial score (nSPS) is 10.4. The molecule has 94 valence electrons. The molecule has 0 spiro atoms. The molecule has 18 heavy (non-hydrogen) atoms. The second-order valence-corrected chi connectivity index (χ2v) is 3.36. The molecule has 2 N–H and O–H groups in total. The number of aromatic amines is 1. The summed E-state index contributed by atoms with van der Waals surface area (Å²) in [5.74, 6) is -4.28. The molecule has 1 aromatic heterocycles. The SMILES string of the molecule is O=C(NCc1ncn[nH]1)c1c(F)cc(F)cc1F. The van der Waals surface area contributed by atoms with Crippen LogP contribution in [0.25, 0.3) is 0 Å². The van der Waals surface area contributed by atoms with Gasteiger partial charge >= 0.3 is 0 Å². The molecular weight excluding hydrogens is 249 g/mol. The topological polar surface area (TPSA) is 70.7 Å². The van der Waals surface area contributed by atoms with Crippen molar-refractivity contribution in [1.29, 1.82) is 0 Å². The molecule has 1 amide bonds. The van der Waals surface area contributed by atoms with Gasteiger partial charge in [0.2, 0.25) is 0 Å². The fraction of sp³-hybridized carbons (Fsp3) is 0.100. The molecule has 2 aromatic rings. The lowest BCUT2D eigenvalue weighted by Crippen LogP contribution is -2.25. The lowest BCUT2D eigenvalue weighted by Gasteiger charge is -2.05. The van der Waals surface area contributed by atoms with Gasteiger partial charge in [0.15, 0.2) is 0 Å². The Balaban J connectivity index is 2.14. The Hall–Kier alpha value is -2.38. The van der Waals surface area contributed by atoms with E-state index in [0.717, 1.165) is 0 Å². The highest BCUT2D eigenvalue weighted by Gasteiger charge is 2.18. The van der Waals surface area contributed by atoms with E-state index in [-0.39, 0.29) is 6.54 Å². The van der Waals surface area contributed by atoms with Crippen LogP contribution in [0.3, 0.4) is 0 Å². The van der Waals surface area contributed by atoms with Gasteiger partial charge in [-0.25, -0.2) is 18.2 Å². The summed E-state index contributed by atoms with van der Waals surface area (Å²) in [5, 5.41) is 8.22. The lowest BCUT2D eigenvalue weighted by molar-refractivity contribution is 0.0941. The van der Waals surface area contributed by atoms with E-state index in [1.54, 1.807) is 0 Å². The van der Waals surface area contributed by atoms with Crippen molar-refractivity contribution in [1.82, 2.24) is 20.5 Å². The molecule has 5 nitrogen and oxygen atoms in total. The van der Waals surface area contributed by atoms with Gasteiger partial charge in [-0.2, -0.15) is 5.10 Å². The van der Waals surface area contributed by atoms with E-state index < -0.39 is 28.9 Å². The molecule has 0 fully saturated rings. The Labute approximate surface area is 99.0 Å². The maximum atomic E-state index is 13.3. The maximum absolute atomic E-state index is 13.3. The first-order valence-corrected chi connectivity index (χ1v) is 4.85. The lowest BCUT2D eigenvalue weighted by atomic mass is 10.2. The minimum atomic E-state index is -1.26. The van der Waals surface area contributed by atoms with E-state index in [1.165, 1.54) is 6.33 Å². The van der Waals surface area contributed by atoms with Crippen LogP contribution in [-0.2, 0) is 6.54 Å². The molecule has 0 saturated carbocycles. The highest BCUT2D eigenvalue weighted by atomic mass is 19.1. The monoisotopic (exact) mass is 256 g/mol. The highest BCUT2D eigenvalue weighted by Crippen LogP contribution is 2.14. The van der Waals surface area contributed by atoms with Crippen molar-refractivity contribution in [3.05, 3.63) is 47.3 Å². The van der Waals surface area contributed by atoms with E-state index in [2.05, 4.69) is 20.5 Å². The molecule has 1 aromatic carbocycles.